The Balaban J connectivity index is 1.68. The van der Waals surface area contributed by atoms with Gasteiger partial charge < -0.3 is 19.7 Å². The molecule has 0 aliphatic carbocycles. The Kier molecular flexibility index (Phi) is 7.72. The van der Waals surface area contributed by atoms with E-state index in [2.05, 4.69) is 15.3 Å². The summed E-state index contributed by atoms with van der Waals surface area (Å²) in [5.41, 5.74) is 1.96. The van der Waals surface area contributed by atoms with Crippen LogP contribution in [0.15, 0.2) is 48.8 Å². The molecule has 1 N–H and O–H groups in total. The highest BCUT2D eigenvalue weighted by molar-refractivity contribution is 6.31. The Morgan fingerprint density at radius 1 is 1.32 bits per heavy atom. The van der Waals surface area contributed by atoms with Crippen molar-refractivity contribution in [1.82, 2.24) is 14.9 Å². The minimum absolute atomic E-state index is 0.00799. The van der Waals surface area contributed by atoms with Crippen molar-refractivity contribution in [2.75, 3.05) is 39.2 Å². The van der Waals surface area contributed by atoms with Crippen LogP contribution >= 0.6 is 11.6 Å². The highest BCUT2D eigenvalue weighted by atomic mass is 35.5. The molecule has 1 atom stereocenters. The van der Waals surface area contributed by atoms with E-state index >= 15 is 0 Å². The predicted molar refractivity (Wildman–Crippen MR) is 130 cm³/mol. The molecule has 2 aromatic carbocycles. The second-order valence-corrected chi connectivity index (χ2v) is 8.77. The molecular formula is C25H26ClFN4O3. The monoisotopic (exact) mass is 484 g/mol. The Labute approximate surface area is 202 Å². The van der Waals surface area contributed by atoms with Gasteiger partial charge in [-0.1, -0.05) is 17.7 Å². The Bertz CT molecular complexity index is 1210. The van der Waals surface area contributed by atoms with Gasteiger partial charge in [0.15, 0.2) is 5.78 Å². The summed E-state index contributed by atoms with van der Waals surface area (Å²) in [5, 5.41) is 3.88. The van der Waals surface area contributed by atoms with Gasteiger partial charge in [0.05, 0.1) is 23.8 Å². The first kappa shape index (κ1) is 24.1. The number of allylic oxidation sites excluding steroid dienone is 1. The van der Waals surface area contributed by atoms with Gasteiger partial charge >= 0.3 is 0 Å². The number of carbonyl (C=O) groups is 1. The summed E-state index contributed by atoms with van der Waals surface area (Å²) in [6.45, 7) is 1.83. The van der Waals surface area contributed by atoms with Crippen LogP contribution in [0.25, 0.3) is 10.9 Å². The van der Waals surface area contributed by atoms with E-state index in [1.165, 1.54) is 18.5 Å². The molecule has 3 aromatic rings. The second-order valence-electron chi connectivity index (χ2n) is 8.36. The molecule has 1 saturated heterocycles. The number of ether oxygens (including phenoxy) is 2. The molecule has 178 valence electrons. The second kappa shape index (κ2) is 10.9. The first-order valence-electron chi connectivity index (χ1n) is 11.0. The first-order valence-corrected chi connectivity index (χ1v) is 11.3. The summed E-state index contributed by atoms with van der Waals surface area (Å²) in [7, 11) is 3.88. The van der Waals surface area contributed by atoms with Crippen molar-refractivity contribution in [3.05, 3.63) is 65.2 Å². The molecule has 0 spiro atoms. The molecular weight excluding hydrogens is 459 g/mol. The molecule has 1 fully saturated rings. The van der Waals surface area contributed by atoms with Crippen LogP contribution in [0.4, 0.5) is 15.9 Å². The average Bonchev–Trinajstić information content (AvgIpc) is 3.30. The molecule has 34 heavy (non-hydrogen) atoms. The molecule has 0 bridgehead atoms. The highest BCUT2D eigenvalue weighted by Gasteiger charge is 2.21. The van der Waals surface area contributed by atoms with Crippen LogP contribution in [0.2, 0.25) is 5.02 Å². The minimum Gasteiger partial charge on any atom is -0.488 e. The maximum atomic E-state index is 13.6. The lowest BCUT2D eigenvalue weighted by molar-refractivity contribution is -0.114. The van der Waals surface area contributed by atoms with Crippen LogP contribution in [0.5, 0.6) is 5.75 Å². The van der Waals surface area contributed by atoms with E-state index in [-0.39, 0.29) is 23.3 Å². The van der Waals surface area contributed by atoms with E-state index < -0.39 is 5.82 Å². The number of fused-ring (bicyclic) bond motifs is 1. The zero-order valence-corrected chi connectivity index (χ0v) is 19.8. The lowest BCUT2D eigenvalue weighted by Crippen LogP contribution is -2.17. The summed E-state index contributed by atoms with van der Waals surface area (Å²) in [4.78, 5) is 23.4. The SMILES string of the molecule is CN(C)C/C=C/C(=O)Cc1cc2c(Nc3ccc(F)c(Cl)c3)ncnc2cc1O[C@@H]1CCOC1. The van der Waals surface area contributed by atoms with Crippen LogP contribution in [-0.2, 0) is 16.0 Å². The van der Waals surface area contributed by atoms with Gasteiger partial charge in [0.2, 0.25) is 0 Å². The Morgan fingerprint density at radius 2 is 2.18 bits per heavy atom. The van der Waals surface area contributed by atoms with Crippen LogP contribution in [0.1, 0.15) is 12.0 Å². The maximum absolute atomic E-state index is 13.6. The lowest BCUT2D eigenvalue weighted by Gasteiger charge is -2.17. The van der Waals surface area contributed by atoms with E-state index in [4.69, 9.17) is 21.1 Å². The van der Waals surface area contributed by atoms with Gasteiger partial charge in [0.1, 0.15) is 29.8 Å². The molecule has 4 rings (SSSR count). The Morgan fingerprint density at radius 3 is 2.91 bits per heavy atom. The van der Waals surface area contributed by atoms with Crippen molar-refractivity contribution in [3.8, 4) is 5.75 Å². The van der Waals surface area contributed by atoms with Crippen molar-refractivity contribution < 1.29 is 18.7 Å². The van der Waals surface area contributed by atoms with Crippen LogP contribution in [-0.4, -0.2) is 60.6 Å². The molecule has 0 unspecified atom stereocenters. The third-order valence-corrected chi connectivity index (χ3v) is 5.61. The summed E-state index contributed by atoms with van der Waals surface area (Å²) >= 11 is 5.92. The van der Waals surface area contributed by atoms with E-state index in [1.807, 2.05) is 37.2 Å². The van der Waals surface area contributed by atoms with Gasteiger partial charge in [-0.2, -0.15) is 0 Å². The van der Waals surface area contributed by atoms with Crippen molar-refractivity contribution in [1.29, 1.82) is 0 Å². The van der Waals surface area contributed by atoms with Gasteiger partial charge in [-0.05, 0) is 44.4 Å². The minimum atomic E-state index is -0.499. The number of likely N-dealkylation sites (N-methyl/N-ethyl adjacent to an activating group) is 1. The van der Waals surface area contributed by atoms with Crippen LogP contribution in [0.3, 0.4) is 0 Å². The normalized spacial score (nSPS) is 16.0. The summed E-state index contributed by atoms with van der Waals surface area (Å²) in [5.74, 6) is 0.582. The van der Waals surface area contributed by atoms with Crippen molar-refractivity contribution in [2.45, 2.75) is 18.9 Å². The van der Waals surface area contributed by atoms with Crippen molar-refractivity contribution >= 4 is 39.8 Å². The predicted octanol–water partition coefficient (Wildman–Crippen LogP) is 4.56. The summed E-state index contributed by atoms with van der Waals surface area (Å²) in [6, 6.07) is 8.04. The number of nitrogens with one attached hydrogen (secondary N) is 1. The number of hydrogen-bond acceptors (Lipinski definition) is 7. The zero-order chi connectivity index (χ0) is 24.1. The molecule has 7 nitrogen and oxygen atoms in total. The van der Waals surface area contributed by atoms with E-state index in [9.17, 15) is 9.18 Å². The third kappa shape index (κ3) is 6.08. The number of carbonyl (C=O) groups excluding carboxylic acids is 1. The first-order chi connectivity index (χ1) is 16.4. The highest BCUT2D eigenvalue weighted by Crippen LogP contribution is 2.32. The molecule has 0 saturated carbocycles. The maximum Gasteiger partial charge on any atom is 0.159 e. The molecule has 2 heterocycles. The third-order valence-electron chi connectivity index (χ3n) is 5.32. The summed E-state index contributed by atoms with van der Waals surface area (Å²) < 4.78 is 25.2. The van der Waals surface area contributed by atoms with Gasteiger partial charge in [0.25, 0.3) is 0 Å². The number of ketones is 1. The molecule has 0 amide bonds. The molecule has 9 heteroatoms. The van der Waals surface area contributed by atoms with Crippen molar-refractivity contribution in [3.63, 3.8) is 0 Å². The van der Waals surface area contributed by atoms with E-state index in [1.54, 1.807) is 12.1 Å². The van der Waals surface area contributed by atoms with Gasteiger partial charge in [0, 0.05) is 42.1 Å². The van der Waals surface area contributed by atoms with Gasteiger partial charge in [-0.15, -0.1) is 0 Å². The number of aromatic nitrogens is 2. The number of rotatable bonds is 9. The number of halogens is 2. The number of hydrogen-bond donors (Lipinski definition) is 1. The fourth-order valence-electron chi connectivity index (χ4n) is 3.61. The van der Waals surface area contributed by atoms with Crippen LogP contribution < -0.4 is 10.1 Å². The lowest BCUT2D eigenvalue weighted by atomic mass is 10.0. The number of nitrogens with zero attached hydrogens (tertiary/aromatic N) is 3. The molecule has 0 radical (unpaired) electrons. The van der Waals surface area contributed by atoms with Gasteiger partial charge in [-0.25, -0.2) is 14.4 Å². The number of benzene rings is 2. The topological polar surface area (TPSA) is 76.6 Å². The zero-order valence-electron chi connectivity index (χ0n) is 19.1. The summed E-state index contributed by atoms with van der Waals surface area (Å²) in [6.07, 6.45) is 5.75. The van der Waals surface area contributed by atoms with Gasteiger partial charge in [-0.3, -0.25) is 4.79 Å². The fourth-order valence-corrected chi connectivity index (χ4v) is 3.79. The Hall–Kier alpha value is -3.07. The van der Waals surface area contributed by atoms with Crippen molar-refractivity contribution in [2.24, 2.45) is 0 Å². The standard InChI is InChI=1S/C25H26ClFN4O3/c1-31(2)8-3-4-18(32)10-16-11-20-23(13-24(16)34-19-7-9-33-14-19)28-15-29-25(20)30-17-5-6-22(27)21(26)12-17/h3-6,11-13,15,19H,7-10,14H2,1-2H3,(H,28,29,30)/b4-3+/t19-/m1/s1. The molecule has 1 aliphatic heterocycles. The van der Waals surface area contributed by atoms with Crippen LogP contribution in [0, 0.1) is 5.82 Å². The number of anilines is 2. The molecule has 1 aromatic heterocycles. The average molecular weight is 485 g/mol. The quantitative estimate of drug-likeness (QED) is 0.446. The largest absolute Gasteiger partial charge is 0.488 e. The fraction of sp³-hybridized carbons (Fsp3) is 0.320. The molecule has 1 aliphatic rings. The van der Waals surface area contributed by atoms with E-state index in [0.29, 0.717) is 47.9 Å². The smallest absolute Gasteiger partial charge is 0.159 e. The van der Waals surface area contributed by atoms with E-state index in [0.717, 1.165) is 12.0 Å².